The number of aliphatic hydroxyl groups excluding tert-OH is 2. The summed E-state index contributed by atoms with van der Waals surface area (Å²) in [5.74, 6) is 0. The molecule has 1 aromatic carbocycles. The number of benzene rings is 1. The molecule has 0 spiro atoms. The van der Waals surface area contributed by atoms with Crippen molar-refractivity contribution in [3.05, 3.63) is 32.9 Å². The molecule has 2 N–H and O–H groups in total. The van der Waals surface area contributed by atoms with E-state index in [4.69, 9.17) is 39.5 Å². The molecule has 2 heterocycles. The molecule has 1 fully saturated rings. The number of aliphatic hydroxyl groups is 2. The summed E-state index contributed by atoms with van der Waals surface area (Å²) in [5.41, 5.74) is 0.727. The minimum absolute atomic E-state index is 0.0985. The van der Waals surface area contributed by atoms with Gasteiger partial charge in [-0.1, -0.05) is 41.7 Å². The van der Waals surface area contributed by atoms with Crippen LogP contribution in [0.2, 0.25) is 15.2 Å². The van der Waals surface area contributed by atoms with E-state index in [0.717, 1.165) is 0 Å². The van der Waals surface area contributed by atoms with Crippen molar-refractivity contribution in [3.63, 3.8) is 0 Å². The number of halogens is 3. The Kier molecular flexibility index (Phi) is 4.62. The van der Waals surface area contributed by atoms with Crippen LogP contribution in [0.4, 0.5) is 0 Å². The van der Waals surface area contributed by atoms with Gasteiger partial charge in [0.15, 0.2) is 12.5 Å². The highest BCUT2D eigenvalue weighted by Gasteiger charge is 2.44. The number of nitrogens with zero attached hydrogens (tertiary/aromatic N) is 1. The van der Waals surface area contributed by atoms with Gasteiger partial charge in [0.05, 0.1) is 27.2 Å². The quantitative estimate of drug-likeness (QED) is 0.803. The lowest BCUT2D eigenvalue weighted by atomic mass is 10.1. The Labute approximate surface area is 147 Å². The molecule has 1 saturated heterocycles. The summed E-state index contributed by atoms with van der Waals surface area (Å²) < 4.78 is 7.19. The number of aromatic nitrogens is 1. The molecule has 23 heavy (non-hydrogen) atoms. The third kappa shape index (κ3) is 2.56. The first-order chi connectivity index (χ1) is 10.9. The second-order valence-electron chi connectivity index (χ2n) is 5.43. The Bertz CT molecular complexity index is 776. The van der Waals surface area contributed by atoms with Gasteiger partial charge in [0.2, 0.25) is 0 Å². The molecular formula is C15H14Cl3NO4. The minimum Gasteiger partial charge on any atom is -0.388 e. The van der Waals surface area contributed by atoms with Gasteiger partial charge in [-0.25, -0.2) is 0 Å². The highest BCUT2D eigenvalue weighted by molar-refractivity contribution is 6.43. The van der Waals surface area contributed by atoms with Gasteiger partial charge in [0.25, 0.3) is 0 Å². The van der Waals surface area contributed by atoms with E-state index < -0.39 is 24.5 Å². The number of carbonyl (C=O) groups is 1. The summed E-state index contributed by atoms with van der Waals surface area (Å²) in [6.07, 6.45) is -2.52. The highest BCUT2D eigenvalue weighted by Crippen LogP contribution is 2.41. The van der Waals surface area contributed by atoms with Crippen LogP contribution in [0.3, 0.4) is 0 Å². The predicted molar refractivity (Wildman–Crippen MR) is 88.6 cm³/mol. The third-order valence-electron chi connectivity index (χ3n) is 4.13. The topological polar surface area (TPSA) is 71.7 Å². The number of aldehydes is 1. The first-order valence-electron chi connectivity index (χ1n) is 7.05. The van der Waals surface area contributed by atoms with Crippen molar-refractivity contribution in [3.8, 4) is 0 Å². The summed E-state index contributed by atoms with van der Waals surface area (Å²) in [6.45, 7) is 1.84. The van der Waals surface area contributed by atoms with Crippen molar-refractivity contribution in [1.82, 2.24) is 4.57 Å². The van der Waals surface area contributed by atoms with Crippen molar-refractivity contribution in [2.75, 3.05) is 0 Å². The molecule has 0 aliphatic carbocycles. The normalized spacial score (nSPS) is 27.7. The highest BCUT2D eigenvalue weighted by atomic mass is 35.5. The number of fused-ring (bicyclic) bond motifs is 1. The zero-order valence-corrected chi connectivity index (χ0v) is 14.3. The zero-order chi connectivity index (χ0) is 16.9. The van der Waals surface area contributed by atoms with Crippen molar-refractivity contribution in [2.45, 2.75) is 37.9 Å². The first kappa shape index (κ1) is 17.0. The summed E-state index contributed by atoms with van der Waals surface area (Å²) in [4.78, 5) is 11.4. The van der Waals surface area contributed by atoms with E-state index in [9.17, 15) is 15.0 Å². The van der Waals surface area contributed by atoms with E-state index in [1.54, 1.807) is 12.1 Å². The van der Waals surface area contributed by atoms with Crippen molar-refractivity contribution >= 4 is 52.0 Å². The average Bonchev–Trinajstić information content (AvgIpc) is 2.94. The van der Waals surface area contributed by atoms with Crippen LogP contribution in [0.15, 0.2) is 12.1 Å². The first-order valence-corrected chi connectivity index (χ1v) is 8.19. The summed E-state index contributed by atoms with van der Waals surface area (Å²) in [7, 11) is 0. The Hall–Kier alpha value is -0.820. The predicted octanol–water partition coefficient (Wildman–Crippen LogP) is 3.44. The number of carbonyl (C=O) groups excluding carboxylic acids is 1. The Balaban J connectivity index is 2.24. The molecule has 8 heteroatoms. The number of hydrogen-bond donors (Lipinski definition) is 2. The van der Waals surface area contributed by atoms with Crippen molar-refractivity contribution < 1.29 is 19.7 Å². The largest absolute Gasteiger partial charge is 0.388 e. The molecule has 3 rings (SSSR count). The molecule has 0 amide bonds. The number of ether oxygens (including phenoxy) is 1. The van der Waals surface area contributed by atoms with Crippen LogP contribution < -0.4 is 0 Å². The van der Waals surface area contributed by atoms with E-state index in [1.807, 2.05) is 6.92 Å². The second-order valence-corrected chi connectivity index (χ2v) is 6.60. The number of rotatable bonds is 3. The van der Waals surface area contributed by atoms with Gasteiger partial charge in [-0.05, 0) is 18.6 Å². The van der Waals surface area contributed by atoms with Crippen LogP contribution >= 0.6 is 34.8 Å². The maximum atomic E-state index is 11.4. The molecule has 124 valence electrons. The van der Waals surface area contributed by atoms with Gasteiger partial charge in [0, 0.05) is 5.39 Å². The standard InChI is InChI=1S/C15H14Cl3NO4/c1-2-11-12(21)13(22)15(23-11)19-10-4-9(17)8(16)3-6(10)7(5-20)14(19)18/h3-5,11-13,15,21-22H,2H2,1H3/t11-,12-,13-,15-/m1/s1. The van der Waals surface area contributed by atoms with Crippen LogP contribution in [-0.4, -0.2) is 39.4 Å². The molecule has 0 radical (unpaired) electrons. The van der Waals surface area contributed by atoms with Crippen LogP contribution in [0, 0.1) is 0 Å². The molecule has 1 aromatic heterocycles. The van der Waals surface area contributed by atoms with E-state index in [2.05, 4.69) is 0 Å². The maximum Gasteiger partial charge on any atom is 0.164 e. The van der Waals surface area contributed by atoms with Crippen LogP contribution in [0.5, 0.6) is 0 Å². The fourth-order valence-electron chi connectivity index (χ4n) is 2.94. The molecular weight excluding hydrogens is 365 g/mol. The summed E-state index contributed by atoms with van der Waals surface area (Å²) >= 11 is 18.4. The van der Waals surface area contributed by atoms with E-state index in [0.29, 0.717) is 23.6 Å². The number of hydrogen-bond acceptors (Lipinski definition) is 4. The van der Waals surface area contributed by atoms with Crippen LogP contribution in [0.25, 0.3) is 10.9 Å². The zero-order valence-electron chi connectivity index (χ0n) is 12.0. The molecule has 5 nitrogen and oxygen atoms in total. The van der Waals surface area contributed by atoms with Gasteiger partial charge in [-0.15, -0.1) is 0 Å². The fraction of sp³-hybridized carbons (Fsp3) is 0.400. The monoisotopic (exact) mass is 377 g/mol. The molecule has 2 aromatic rings. The molecule has 0 saturated carbocycles. The molecule has 0 bridgehead atoms. The van der Waals surface area contributed by atoms with Gasteiger partial charge in [-0.3, -0.25) is 4.79 Å². The lowest BCUT2D eigenvalue weighted by Crippen LogP contribution is -2.31. The van der Waals surface area contributed by atoms with Crippen molar-refractivity contribution in [2.24, 2.45) is 0 Å². The lowest BCUT2D eigenvalue weighted by Gasteiger charge is -2.19. The van der Waals surface area contributed by atoms with Crippen LogP contribution in [0.1, 0.15) is 29.9 Å². The fourth-order valence-corrected chi connectivity index (χ4v) is 3.59. The molecule has 4 atom stereocenters. The van der Waals surface area contributed by atoms with Crippen molar-refractivity contribution in [1.29, 1.82) is 0 Å². The Morgan fingerprint density at radius 2 is 1.87 bits per heavy atom. The maximum absolute atomic E-state index is 11.4. The average molecular weight is 379 g/mol. The van der Waals surface area contributed by atoms with Gasteiger partial charge < -0.3 is 19.5 Å². The van der Waals surface area contributed by atoms with Gasteiger partial charge >= 0.3 is 0 Å². The summed E-state index contributed by atoms with van der Waals surface area (Å²) in [6, 6.07) is 3.10. The van der Waals surface area contributed by atoms with Crippen LogP contribution in [-0.2, 0) is 4.74 Å². The SMILES string of the molecule is CC[C@H]1O[C@@H](n2c(Cl)c(C=O)c3cc(Cl)c(Cl)cc32)[C@H](O)[C@@H]1O. The third-order valence-corrected chi connectivity index (χ3v) is 5.24. The van der Waals surface area contributed by atoms with E-state index >= 15 is 0 Å². The molecule has 1 aliphatic heterocycles. The molecule has 0 unspecified atom stereocenters. The summed E-state index contributed by atoms with van der Waals surface area (Å²) in [5, 5.41) is 21.5. The van der Waals surface area contributed by atoms with E-state index in [-0.39, 0.29) is 20.8 Å². The molecule has 1 aliphatic rings. The minimum atomic E-state index is -1.18. The van der Waals surface area contributed by atoms with E-state index in [1.165, 1.54) is 4.57 Å². The second kappa shape index (κ2) is 6.24. The lowest BCUT2D eigenvalue weighted by molar-refractivity contribution is -0.0348. The van der Waals surface area contributed by atoms with Gasteiger partial charge in [-0.2, -0.15) is 0 Å². The Morgan fingerprint density at radius 3 is 2.43 bits per heavy atom. The Morgan fingerprint density at radius 1 is 1.22 bits per heavy atom. The van der Waals surface area contributed by atoms with Gasteiger partial charge in [0.1, 0.15) is 17.4 Å². The smallest absolute Gasteiger partial charge is 0.164 e.